The van der Waals surface area contributed by atoms with Crippen LogP contribution in [0.25, 0.3) is 22.2 Å². The van der Waals surface area contributed by atoms with E-state index < -0.39 is 23.8 Å². The summed E-state index contributed by atoms with van der Waals surface area (Å²) in [5.74, 6) is -0.854. The second-order valence-corrected chi connectivity index (χ2v) is 8.48. The number of nitrogens with zero attached hydrogens (tertiary/aromatic N) is 3. The lowest BCUT2D eigenvalue weighted by Gasteiger charge is -2.15. The molecule has 4 aromatic heterocycles. The maximum atomic E-state index is 15.0. The van der Waals surface area contributed by atoms with Crippen molar-refractivity contribution in [1.29, 1.82) is 0 Å². The molecule has 39 heavy (non-hydrogen) atoms. The van der Waals surface area contributed by atoms with E-state index in [1.54, 1.807) is 25.1 Å². The van der Waals surface area contributed by atoms with Gasteiger partial charge in [-0.3, -0.25) is 14.6 Å². The fourth-order valence-corrected chi connectivity index (χ4v) is 4.14. The van der Waals surface area contributed by atoms with E-state index in [9.17, 15) is 14.0 Å². The number of benzene rings is 1. The predicted molar refractivity (Wildman–Crippen MR) is 140 cm³/mol. The number of anilines is 1. The summed E-state index contributed by atoms with van der Waals surface area (Å²) in [4.78, 5) is 34.8. The number of ether oxygens (including phenoxy) is 2. The minimum atomic E-state index is -0.774. The molecule has 198 valence electrons. The number of pyridine rings is 3. The zero-order chi connectivity index (χ0) is 27.5. The first-order chi connectivity index (χ1) is 18.9. The standard InChI is InChI=1S/C28H22F2N4O5/c1-16-25(17-6-10-38-15-17)27(35)20(14-34(16)9-7-29)28(36)33-18-3-4-23(21(30)11-18)39-24-5-8-31-22-12-19(37-2)13-32-26(22)24/h3-6,8,10-15H,7,9H2,1-2H3,(H,33,36). The number of halogens is 2. The van der Waals surface area contributed by atoms with Crippen molar-refractivity contribution in [2.75, 3.05) is 19.1 Å². The molecule has 5 rings (SSSR count). The van der Waals surface area contributed by atoms with Gasteiger partial charge in [0, 0.05) is 47.5 Å². The van der Waals surface area contributed by atoms with Crippen LogP contribution in [-0.4, -0.2) is 34.2 Å². The average molecular weight is 533 g/mol. The zero-order valence-corrected chi connectivity index (χ0v) is 20.9. The third-order valence-corrected chi connectivity index (χ3v) is 6.09. The first kappa shape index (κ1) is 25.6. The van der Waals surface area contributed by atoms with Gasteiger partial charge in [-0.25, -0.2) is 13.8 Å². The highest BCUT2D eigenvalue weighted by Crippen LogP contribution is 2.31. The van der Waals surface area contributed by atoms with Crippen molar-refractivity contribution in [3.8, 4) is 28.4 Å². The van der Waals surface area contributed by atoms with Crippen molar-refractivity contribution in [1.82, 2.24) is 14.5 Å². The first-order valence-electron chi connectivity index (χ1n) is 11.8. The summed E-state index contributed by atoms with van der Waals surface area (Å²) in [7, 11) is 1.51. The number of nitrogens with one attached hydrogen (secondary N) is 1. The molecule has 0 aliphatic heterocycles. The highest BCUT2D eigenvalue weighted by atomic mass is 19.1. The number of rotatable bonds is 8. The van der Waals surface area contributed by atoms with Crippen molar-refractivity contribution in [3.63, 3.8) is 0 Å². The summed E-state index contributed by atoms with van der Waals surface area (Å²) in [5.41, 5.74) is 1.38. The number of alkyl halides is 1. The van der Waals surface area contributed by atoms with E-state index in [-0.39, 0.29) is 34.9 Å². The summed E-state index contributed by atoms with van der Waals surface area (Å²) < 4.78 is 45.7. The zero-order valence-electron chi connectivity index (χ0n) is 20.9. The van der Waals surface area contributed by atoms with Crippen LogP contribution in [-0.2, 0) is 6.54 Å². The van der Waals surface area contributed by atoms with E-state index in [0.717, 1.165) is 6.07 Å². The minimum absolute atomic E-state index is 0.0523. The Morgan fingerprint density at radius 2 is 2.00 bits per heavy atom. The quantitative estimate of drug-likeness (QED) is 0.280. The Hall–Kier alpha value is -5.06. The fraction of sp³-hybridized carbons (Fsp3) is 0.143. The second-order valence-electron chi connectivity index (χ2n) is 8.48. The van der Waals surface area contributed by atoms with Gasteiger partial charge in [-0.2, -0.15) is 0 Å². The summed E-state index contributed by atoms with van der Waals surface area (Å²) in [5, 5.41) is 2.53. The van der Waals surface area contributed by atoms with Gasteiger partial charge in [0.25, 0.3) is 5.91 Å². The number of aryl methyl sites for hydroxylation is 1. The molecule has 0 unspecified atom stereocenters. The molecule has 1 aromatic carbocycles. The fourth-order valence-electron chi connectivity index (χ4n) is 4.14. The summed E-state index contributed by atoms with van der Waals surface area (Å²) in [6.07, 6.45) is 7.06. The van der Waals surface area contributed by atoms with Gasteiger partial charge in [-0.1, -0.05) is 0 Å². The third-order valence-electron chi connectivity index (χ3n) is 6.09. The number of hydrogen-bond acceptors (Lipinski definition) is 7. The molecule has 4 heterocycles. The first-order valence-corrected chi connectivity index (χ1v) is 11.8. The molecule has 1 N–H and O–H groups in total. The number of aromatic nitrogens is 3. The van der Waals surface area contributed by atoms with Crippen LogP contribution in [0.2, 0.25) is 0 Å². The van der Waals surface area contributed by atoms with Crippen LogP contribution in [0.5, 0.6) is 17.2 Å². The molecule has 0 aliphatic carbocycles. The maximum absolute atomic E-state index is 15.0. The van der Waals surface area contributed by atoms with Gasteiger partial charge in [-0.15, -0.1) is 0 Å². The molecule has 11 heteroatoms. The smallest absolute Gasteiger partial charge is 0.261 e. The number of hydrogen-bond donors (Lipinski definition) is 1. The van der Waals surface area contributed by atoms with Crippen molar-refractivity contribution in [2.24, 2.45) is 0 Å². The minimum Gasteiger partial charge on any atom is -0.495 e. The van der Waals surface area contributed by atoms with E-state index in [4.69, 9.17) is 13.9 Å². The van der Waals surface area contributed by atoms with Crippen LogP contribution >= 0.6 is 0 Å². The highest BCUT2D eigenvalue weighted by molar-refractivity contribution is 6.04. The van der Waals surface area contributed by atoms with Crippen molar-refractivity contribution < 1.29 is 27.5 Å². The van der Waals surface area contributed by atoms with Gasteiger partial charge in [-0.05, 0) is 25.1 Å². The van der Waals surface area contributed by atoms with Crippen LogP contribution < -0.4 is 20.2 Å². The third kappa shape index (κ3) is 5.06. The molecule has 0 aliphatic rings. The monoisotopic (exact) mass is 532 g/mol. The Kier molecular flexibility index (Phi) is 7.04. The van der Waals surface area contributed by atoms with Crippen molar-refractivity contribution >= 4 is 22.6 Å². The molecule has 0 spiro atoms. The number of methoxy groups -OCH3 is 1. The molecule has 0 radical (unpaired) electrons. The number of carbonyl (C=O) groups excluding carboxylic acids is 1. The summed E-state index contributed by atoms with van der Waals surface area (Å²) in [6.45, 7) is 0.911. The average Bonchev–Trinajstić information content (AvgIpc) is 3.46. The van der Waals surface area contributed by atoms with E-state index >= 15 is 4.39 Å². The molecule has 0 atom stereocenters. The van der Waals surface area contributed by atoms with Gasteiger partial charge >= 0.3 is 0 Å². The Morgan fingerprint density at radius 1 is 1.15 bits per heavy atom. The number of amides is 1. The molecule has 0 fully saturated rings. The number of fused-ring (bicyclic) bond motifs is 1. The Morgan fingerprint density at radius 3 is 2.72 bits per heavy atom. The second kappa shape index (κ2) is 10.7. The van der Waals surface area contributed by atoms with Crippen LogP contribution in [0.4, 0.5) is 14.5 Å². The maximum Gasteiger partial charge on any atom is 0.261 e. The highest BCUT2D eigenvalue weighted by Gasteiger charge is 2.21. The van der Waals surface area contributed by atoms with Crippen LogP contribution in [0, 0.1) is 12.7 Å². The Labute approximate surface area is 220 Å². The SMILES string of the molecule is COc1cnc2c(Oc3ccc(NC(=O)c4cn(CCF)c(C)c(-c5ccoc5)c4=O)cc3F)ccnc2c1. The molecule has 0 bridgehead atoms. The van der Waals surface area contributed by atoms with Crippen molar-refractivity contribution in [3.05, 3.63) is 94.8 Å². The van der Waals surface area contributed by atoms with Crippen LogP contribution in [0.1, 0.15) is 16.1 Å². The van der Waals surface area contributed by atoms with E-state index in [1.807, 2.05) is 0 Å². The molecule has 5 aromatic rings. The van der Waals surface area contributed by atoms with Gasteiger partial charge in [0.2, 0.25) is 5.43 Å². The number of furan rings is 1. The number of carbonyl (C=O) groups is 1. The summed E-state index contributed by atoms with van der Waals surface area (Å²) in [6, 6.07) is 8.65. The Balaban J connectivity index is 1.42. The van der Waals surface area contributed by atoms with Crippen LogP contribution in [0.15, 0.2) is 76.7 Å². The lowest BCUT2D eigenvalue weighted by Crippen LogP contribution is -2.26. The van der Waals surface area contributed by atoms with Gasteiger partial charge in [0.15, 0.2) is 17.3 Å². The molecular weight excluding hydrogens is 510 g/mol. The largest absolute Gasteiger partial charge is 0.495 e. The normalized spacial score (nSPS) is 11.0. The van der Waals surface area contributed by atoms with Gasteiger partial charge in [0.1, 0.15) is 23.5 Å². The van der Waals surface area contributed by atoms with Gasteiger partial charge in [0.05, 0.1) is 43.5 Å². The summed E-state index contributed by atoms with van der Waals surface area (Å²) >= 11 is 0. The molecule has 9 nitrogen and oxygen atoms in total. The Bertz CT molecular complexity index is 1730. The van der Waals surface area contributed by atoms with Gasteiger partial charge < -0.3 is 23.8 Å². The predicted octanol–water partition coefficient (Wildman–Crippen LogP) is 5.52. The topological polar surface area (TPSA) is 108 Å². The van der Waals surface area contributed by atoms with E-state index in [2.05, 4.69) is 15.3 Å². The molecule has 1 amide bonds. The van der Waals surface area contributed by atoms with E-state index in [0.29, 0.717) is 28.0 Å². The lowest BCUT2D eigenvalue weighted by molar-refractivity contribution is 0.102. The van der Waals surface area contributed by atoms with Crippen LogP contribution in [0.3, 0.4) is 0 Å². The lowest BCUT2D eigenvalue weighted by atomic mass is 10.0. The molecule has 0 saturated heterocycles. The van der Waals surface area contributed by atoms with Crippen molar-refractivity contribution in [2.45, 2.75) is 13.5 Å². The van der Waals surface area contributed by atoms with E-state index in [1.165, 1.54) is 54.9 Å². The molecule has 0 saturated carbocycles. The molecular formula is C28H22F2N4O5.